The van der Waals surface area contributed by atoms with E-state index in [-0.39, 0.29) is 0 Å². The molecule has 1 N–H and O–H groups in total. The number of hydrogen-bond acceptors (Lipinski definition) is 5. The summed E-state index contributed by atoms with van der Waals surface area (Å²) in [6.07, 6.45) is 6.35. The Kier molecular flexibility index (Phi) is 3.64. The Morgan fingerprint density at radius 3 is 3.05 bits per heavy atom. The first-order valence-electron chi connectivity index (χ1n) is 6.92. The van der Waals surface area contributed by atoms with Crippen molar-refractivity contribution in [3.63, 3.8) is 0 Å². The van der Waals surface area contributed by atoms with Gasteiger partial charge in [-0.2, -0.15) is 5.10 Å². The van der Waals surface area contributed by atoms with E-state index in [0.717, 1.165) is 49.0 Å². The molecule has 1 fully saturated rings. The van der Waals surface area contributed by atoms with Crippen LogP contribution in [0, 0.1) is 13.8 Å². The lowest BCUT2D eigenvalue weighted by atomic mass is 10.2. The molecule has 2 aromatic rings. The van der Waals surface area contributed by atoms with Gasteiger partial charge in [0.2, 0.25) is 0 Å². The molecule has 3 rings (SSSR count). The molecule has 0 amide bonds. The van der Waals surface area contributed by atoms with Crippen LogP contribution in [0.5, 0.6) is 0 Å². The second kappa shape index (κ2) is 5.58. The zero-order valence-electron chi connectivity index (χ0n) is 11.8. The Balaban J connectivity index is 1.67. The van der Waals surface area contributed by atoms with E-state index in [9.17, 15) is 0 Å². The van der Waals surface area contributed by atoms with E-state index in [4.69, 9.17) is 4.74 Å². The molecule has 0 radical (unpaired) electrons. The molecule has 6 nitrogen and oxygen atoms in total. The summed E-state index contributed by atoms with van der Waals surface area (Å²) in [6, 6.07) is 1.92. The van der Waals surface area contributed by atoms with Gasteiger partial charge in [-0.25, -0.2) is 9.97 Å². The maximum absolute atomic E-state index is 5.61. The van der Waals surface area contributed by atoms with Crippen LogP contribution >= 0.6 is 0 Å². The summed E-state index contributed by atoms with van der Waals surface area (Å²) in [4.78, 5) is 8.62. The Bertz CT molecular complexity index is 569. The fourth-order valence-corrected chi connectivity index (χ4v) is 2.45. The predicted molar refractivity (Wildman–Crippen MR) is 76.0 cm³/mol. The summed E-state index contributed by atoms with van der Waals surface area (Å²) in [5.41, 5.74) is 1.88. The predicted octanol–water partition coefficient (Wildman–Crippen LogP) is 2.21. The molecule has 0 aliphatic carbocycles. The molecule has 2 aromatic heterocycles. The van der Waals surface area contributed by atoms with Crippen LogP contribution in [-0.2, 0) is 11.3 Å². The lowest BCUT2D eigenvalue weighted by Gasteiger charge is -2.08. The topological polar surface area (TPSA) is 64.9 Å². The van der Waals surface area contributed by atoms with Crippen LogP contribution in [-0.4, -0.2) is 32.5 Å². The summed E-state index contributed by atoms with van der Waals surface area (Å²) >= 11 is 0. The van der Waals surface area contributed by atoms with Crippen molar-refractivity contribution < 1.29 is 4.74 Å². The van der Waals surface area contributed by atoms with Crippen LogP contribution in [0.3, 0.4) is 0 Å². The first-order chi connectivity index (χ1) is 9.69. The fourth-order valence-electron chi connectivity index (χ4n) is 2.45. The number of ether oxygens (including phenoxy) is 1. The highest BCUT2D eigenvalue weighted by Gasteiger charge is 2.16. The maximum atomic E-state index is 5.61. The van der Waals surface area contributed by atoms with Crippen LogP contribution in [0.4, 0.5) is 11.5 Å². The summed E-state index contributed by atoms with van der Waals surface area (Å²) < 4.78 is 7.53. The van der Waals surface area contributed by atoms with Crippen molar-refractivity contribution in [2.45, 2.75) is 39.3 Å². The molecule has 1 saturated heterocycles. The van der Waals surface area contributed by atoms with Crippen molar-refractivity contribution in [1.82, 2.24) is 19.7 Å². The second-order valence-corrected chi connectivity index (χ2v) is 5.15. The van der Waals surface area contributed by atoms with E-state index in [1.165, 1.54) is 0 Å². The number of hydrogen-bond donors (Lipinski definition) is 1. The van der Waals surface area contributed by atoms with Gasteiger partial charge < -0.3 is 10.1 Å². The normalized spacial score (nSPS) is 18.4. The van der Waals surface area contributed by atoms with E-state index < -0.39 is 0 Å². The Labute approximate surface area is 118 Å². The van der Waals surface area contributed by atoms with Gasteiger partial charge in [-0.3, -0.25) is 4.68 Å². The van der Waals surface area contributed by atoms with Crippen LogP contribution in [0.1, 0.15) is 24.4 Å². The number of aryl methyl sites for hydroxylation is 2. The molecule has 0 spiro atoms. The Hall–Kier alpha value is -1.95. The molecule has 1 aliphatic rings. The molecule has 1 aliphatic heterocycles. The number of rotatable bonds is 4. The quantitative estimate of drug-likeness (QED) is 0.925. The fraction of sp³-hybridized carbons (Fsp3) is 0.500. The van der Waals surface area contributed by atoms with Gasteiger partial charge in [0.15, 0.2) is 0 Å². The zero-order valence-corrected chi connectivity index (χ0v) is 11.8. The van der Waals surface area contributed by atoms with Crippen LogP contribution < -0.4 is 5.32 Å². The third-order valence-electron chi connectivity index (χ3n) is 3.29. The summed E-state index contributed by atoms with van der Waals surface area (Å²) in [6.45, 7) is 5.53. The Morgan fingerprint density at radius 1 is 1.40 bits per heavy atom. The van der Waals surface area contributed by atoms with Crippen molar-refractivity contribution in [1.29, 1.82) is 0 Å². The van der Waals surface area contributed by atoms with Crippen molar-refractivity contribution in [2.75, 3.05) is 11.9 Å². The highest BCUT2D eigenvalue weighted by molar-refractivity contribution is 5.54. The lowest BCUT2D eigenvalue weighted by molar-refractivity contribution is 0.0940. The van der Waals surface area contributed by atoms with E-state index in [2.05, 4.69) is 20.4 Å². The molecule has 1 atom stereocenters. The minimum Gasteiger partial charge on any atom is -0.376 e. The van der Waals surface area contributed by atoms with Crippen LogP contribution in [0.15, 0.2) is 18.5 Å². The van der Waals surface area contributed by atoms with Gasteiger partial charge in [0.1, 0.15) is 11.6 Å². The van der Waals surface area contributed by atoms with E-state index in [0.29, 0.717) is 6.10 Å². The summed E-state index contributed by atoms with van der Waals surface area (Å²) in [5.74, 6) is 1.56. The Morgan fingerprint density at radius 2 is 2.30 bits per heavy atom. The van der Waals surface area contributed by atoms with Crippen LogP contribution in [0.2, 0.25) is 0 Å². The lowest BCUT2D eigenvalue weighted by Crippen LogP contribution is -2.15. The van der Waals surface area contributed by atoms with Crippen molar-refractivity contribution in [2.24, 2.45) is 0 Å². The highest BCUT2D eigenvalue weighted by atomic mass is 16.5. The SMILES string of the molecule is Cc1cc(Nc2cnn(CC3CCCO3)c2)nc(C)n1. The molecule has 3 heterocycles. The van der Waals surface area contributed by atoms with Gasteiger partial charge in [0.25, 0.3) is 0 Å². The average Bonchev–Trinajstić information content (AvgIpc) is 3.01. The molecular weight excluding hydrogens is 254 g/mol. The molecule has 1 unspecified atom stereocenters. The second-order valence-electron chi connectivity index (χ2n) is 5.15. The third kappa shape index (κ3) is 3.14. The van der Waals surface area contributed by atoms with Gasteiger partial charge >= 0.3 is 0 Å². The maximum Gasteiger partial charge on any atom is 0.134 e. The summed E-state index contributed by atoms with van der Waals surface area (Å²) in [5, 5.41) is 7.61. The number of aromatic nitrogens is 4. The monoisotopic (exact) mass is 273 g/mol. The molecule has 0 aromatic carbocycles. The van der Waals surface area contributed by atoms with Crippen LogP contribution in [0.25, 0.3) is 0 Å². The van der Waals surface area contributed by atoms with E-state index >= 15 is 0 Å². The van der Waals surface area contributed by atoms with Gasteiger partial charge in [-0.15, -0.1) is 0 Å². The number of nitrogens with one attached hydrogen (secondary N) is 1. The molecule has 6 heteroatoms. The third-order valence-corrected chi connectivity index (χ3v) is 3.29. The molecule has 0 bridgehead atoms. The minimum absolute atomic E-state index is 0.297. The van der Waals surface area contributed by atoms with Gasteiger partial charge in [0, 0.05) is 24.6 Å². The first kappa shape index (κ1) is 13.1. The molecule has 106 valence electrons. The van der Waals surface area contributed by atoms with Gasteiger partial charge in [0.05, 0.1) is 24.5 Å². The molecular formula is C14H19N5O. The molecule has 0 saturated carbocycles. The number of nitrogens with zero attached hydrogens (tertiary/aromatic N) is 4. The first-order valence-corrected chi connectivity index (χ1v) is 6.92. The highest BCUT2D eigenvalue weighted by Crippen LogP contribution is 2.17. The number of anilines is 2. The zero-order chi connectivity index (χ0) is 13.9. The largest absolute Gasteiger partial charge is 0.376 e. The van der Waals surface area contributed by atoms with Crippen molar-refractivity contribution >= 4 is 11.5 Å². The van der Waals surface area contributed by atoms with Gasteiger partial charge in [-0.1, -0.05) is 0 Å². The van der Waals surface area contributed by atoms with Gasteiger partial charge in [-0.05, 0) is 26.7 Å². The molecule has 20 heavy (non-hydrogen) atoms. The average molecular weight is 273 g/mol. The van der Waals surface area contributed by atoms with E-state index in [1.807, 2.05) is 37.0 Å². The van der Waals surface area contributed by atoms with E-state index in [1.54, 1.807) is 0 Å². The standard InChI is InChI=1S/C14H19N5O/c1-10-6-14(17-11(2)16-10)18-12-7-15-19(8-12)9-13-4-3-5-20-13/h6-8,13H,3-5,9H2,1-2H3,(H,16,17,18). The smallest absolute Gasteiger partial charge is 0.134 e. The van der Waals surface area contributed by atoms with Crippen molar-refractivity contribution in [3.8, 4) is 0 Å². The summed E-state index contributed by atoms with van der Waals surface area (Å²) in [7, 11) is 0. The minimum atomic E-state index is 0.297. The van der Waals surface area contributed by atoms with Crippen molar-refractivity contribution in [3.05, 3.63) is 30.0 Å².